The molecule has 3 N–H and O–H groups in total. The van der Waals surface area contributed by atoms with Crippen LogP contribution >= 0.6 is 0 Å². The van der Waals surface area contributed by atoms with Crippen LogP contribution in [0.3, 0.4) is 0 Å². The largest absolute Gasteiger partial charge is 0.497 e. The molecule has 3 rings (SSSR count). The number of methoxy groups -OCH3 is 2. The van der Waals surface area contributed by atoms with E-state index in [0.29, 0.717) is 11.5 Å². The average Bonchev–Trinajstić information content (AvgIpc) is 2.77. The van der Waals surface area contributed by atoms with Crippen molar-refractivity contribution >= 4 is 29.6 Å². The van der Waals surface area contributed by atoms with Crippen molar-refractivity contribution in [1.82, 2.24) is 15.0 Å². The summed E-state index contributed by atoms with van der Waals surface area (Å²) in [6.07, 6.45) is 2.89. The Bertz CT molecular complexity index is 1060. The Kier molecular flexibility index (Phi) is 7.00. The predicted octanol–water partition coefficient (Wildman–Crippen LogP) is 3.28. The third-order valence-corrected chi connectivity index (χ3v) is 4.14. The summed E-state index contributed by atoms with van der Waals surface area (Å²) in [4.78, 5) is 24.4. The van der Waals surface area contributed by atoms with Crippen molar-refractivity contribution in [2.24, 2.45) is 0 Å². The maximum absolute atomic E-state index is 12.1. The summed E-state index contributed by atoms with van der Waals surface area (Å²) in [5.74, 6) is 1.18. The molecule has 0 atom stereocenters. The van der Waals surface area contributed by atoms with Gasteiger partial charge in [-0.2, -0.15) is 15.0 Å². The standard InChI is InChI=1S/C22H23N5O4/c1-14-4-7-16(8-5-14)24-22-26-19(25-21(23)27-22)13-31-20(28)9-6-15-10-17(29-2)12-18(11-15)30-3/h4-12H,13H2,1-3H3,(H3,23,24,25,26,27)/b9-6+. The van der Waals surface area contributed by atoms with E-state index in [1.165, 1.54) is 6.08 Å². The number of benzene rings is 2. The van der Waals surface area contributed by atoms with Crippen molar-refractivity contribution in [3.05, 3.63) is 65.5 Å². The zero-order valence-electron chi connectivity index (χ0n) is 17.5. The van der Waals surface area contributed by atoms with Gasteiger partial charge in [-0.3, -0.25) is 0 Å². The highest BCUT2D eigenvalue weighted by molar-refractivity contribution is 5.87. The molecule has 160 valence electrons. The molecule has 0 fully saturated rings. The minimum atomic E-state index is -0.561. The van der Waals surface area contributed by atoms with Crippen LogP contribution in [0, 0.1) is 6.92 Å². The van der Waals surface area contributed by atoms with Crippen molar-refractivity contribution in [2.45, 2.75) is 13.5 Å². The number of nitrogens with zero attached hydrogens (tertiary/aromatic N) is 3. The van der Waals surface area contributed by atoms with Crippen molar-refractivity contribution in [3.8, 4) is 11.5 Å². The van der Waals surface area contributed by atoms with Gasteiger partial charge in [-0.05, 0) is 42.8 Å². The molecule has 0 aliphatic carbocycles. The van der Waals surface area contributed by atoms with Crippen molar-refractivity contribution in [2.75, 3.05) is 25.3 Å². The number of carbonyl (C=O) groups is 1. The van der Waals surface area contributed by atoms with Crippen molar-refractivity contribution < 1.29 is 19.0 Å². The second kappa shape index (κ2) is 10.1. The summed E-state index contributed by atoms with van der Waals surface area (Å²) < 4.78 is 15.6. The number of aromatic nitrogens is 3. The van der Waals surface area contributed by atoms with E-state index in [0.717, 1.165) is 16.8 Å². The van der Waals surface area contributed by atoms with Crippen LogP contribution < -0.4 is 20.5 Å². The third kappa shape index (κ3) is 6.43. The van der Waals surface area contributed by atoms with Gasteiger partial charge in [0.15, 0.2) is 12.4 Å². The number of hydrogen-bond donors (Lipinski definition) is 2. The van der Waals surface area contributed by atoms with Gasteiger partial charge in [0.25, 0.3) is 0 Å². The van der Waals surface area contributed by atoms with Crippen LogP contribution in [0.2, 0.25) is 0 Å². The van der Waals surface area contributed by atoms with E-state index >= 15 is 0 Å². The highest BCUT2D eigenvalue weighted by Gasteiger charge is 2.08. The fourth-order valence-electron chi connectivity index (χ4n) is 2.60. The lowest BCUT2D eigenvalue weighted by atomic mass is 10.2. The molecule has 0 radical (unpaired) electrons. The van der Waals surface area contributed by atoms with Gasteiger partial charge in [-0.15, -0.1) is 0 Å². The SMILES string of the molecule is COc1cc(/C=C/C(=O)OCc2nc(N)nc(Nc3ccc(C)cc3)n2)cc(OC)c1. The van der Waals surface area contributed by atoms with E-state index in [9.17, 15) is 4.79 Å². The van der Waals surface area contributed by atoms with Gasteiger partial charge in [0.2, 0.25) is 11.9 Å². The summed E-state index contributed by atoms with van der Waals surface area (Å²) in [6, 6.07) is 13.0. The molecule has 0 aliphatic heterocycles. The molecule has 1 heterocycles. The Morgan fingerprint density at radius 2 is 1.71 bits per heavy atom. The van der Waals surface area contributed by atoms with E-state index in [-0.39, 0.29) is 24.3 Å². The number of aryl methyl sites for hydroxylation is 1. The van der Waals surface area contributed by atoms with Gasteiger partial charge in [-0.1, -0.05) is 17.7 Å². The smallest absolute Gasteiger partial charge is 0.331 e. The van der Waals surface area contributed by atoms with E-state index in [1.54, 1.807) is 38.5 Å². The lowest BCUT2D eigenvalue weighted by molar-refractivity contribution is -0.139. The average molecular weight is 421 g/mol. The minimum absolute atomic E-state index is 0.0229. The van der Waals surface area contributed by atoms with Gasteiger partial charge in [-0.25, -0.2) is 4.79 Å². The molecule has 0 unspecified atom stereocenters. The van der Waals surface area contributed by atoms with E-state index in [1.807, 2.05) is 31.2 Å². The first-order chi connectivity index (χ1) is 14.9. The Hall–Kier alpha value is -4.14. The quantitative estimate of drug-likeness (QED) is 0.417. The zero-order chi connectivity index (χ0) is 22.2. The normalized spacial score (nSPS) is 10.7. The fraction of sp³-hybridized carbons (Fsp3) is 0.182. The molecule has 2 aromatic carbocycles. The molecular weight excluding hydrogens is 398 g/mol. The number of rotatable bonds is 8. The summed E-state index contributed by atoms with van der Waals surface area (Å²) in [5, 5.41) is 3.05. The van der Waals surface area contributed by atoms with E-state index < -0.39 is 5.97 Å². The van der Waals surface area contributed by atoms with Crippen LogP contribution in [0.25, 0.3) is 6.08 Å². The minimum Gasteiger partial charge on any atom is -0.497 e. The van der Waals surface area contributed by atoms with Crippen LogP contribution in [-0.2, 0) is 16.1 Å². The molecule has 0 bridgehead atoms. The van der Waals surface area contributed by atoms with Gasteiger partial charge in [0, 0.05) is 17.8 Å². The second-order valence-corrected chi connectivity index (χ2v) is 6.51. The topological polar surface area (TPSA) is 121 Å². The molecule has 1 aromatic heterocycles. The van der Waals surface area contributed by atoms with Crippen LogP contribution in [0.1, 0.15) is 17.0 Å². The predicted molar refractivity (Wildman–Crippen MR) is 117 cm³/mol. The highest BCUT2D eigenvalue weighted by Crippen LogP contribution is 2.23. The highest BCUT2D eigenvalue weighted by atomic mass is 16.5. The summed E-state index contributed by atoms with van der Waals surface area (Å²) in [6.45, 7) is 1.84. The second-order valence-electron chi connectivity index (χ2n) is 6.51. The summed E-state index contributed by atoms with van der Waals surface area (Å²) in [5.41, 5.74) is 8.41. The first kappa shape index (κ1) is 21.6. The molecule has 0 saturated carbocycles. The summed E-state index contributed by atoms with van der Waals surface area (Å²) in [7, 11) is 3.11. The molecule has 9 nitrogen and oxygen atoms in total. The van der Waals surface area contributed by atoms with Crippen molar-refractivity contribution in [3.63, 3.8) is 0 Å². The van der Waals surface area contributed by atoms with Gasteiger partial charge in [0.1, 0.15) is 11.5 Å². The lowest BCUT2D eigenvalue weighted by Gasteiger charge is -2.08. The molecule has 0 aliphatic rings. The molecule has 0 spiro atoms. The third-order valence-electron chi connectivity index (χ3n) is 4.14. The maximum Gasteiger partial charge on any atom is 0.331 e. The van der Waals surface area contributed by atoms with Crippen LogP contribution in [0.4, 0.5) is 17.6 Å². The van der Waals surface area contributed by atoms with Crippen LogP contribution in [-0.4, -0.2) is 35.1 Å². The molecular formula is C22H23N5O4. The first-order valence-corrected chi connectivity index (χ1v) is 9.37. The number of hydrogen-bond acceptors (Lipinski definition) is 9. The number of nitrogens with one attached hydrogen (secondary N) is 1. The van der Waals surface area contributed by atoms with Gasteiger partial charge < -0.3 is 25.3 Å². The Labute approximate surface area is 179 Å². The number of nitrogens with two attached hydrogens (primary N) is 1. The summed E-state index contributed by atoms with van der Waals surface area (Å²) >= 11 is 0. The molecule has 31 heavy (non-hydrogen) atoms. The van der Waals surface area contributed by atoms with Crippen LogP contribution in [0.5, 0.6) is 11.5 Å². The Balaban J connectivity index is 1.63. The molecule has 3 aromatic rings. The number of carbonyl (C=O) groups excluding carboxylic acids is 1. The molecule has 9 heteroatoms. The number of anilines is 3. The first-order valence-electron chi connectivity index (χ1n) is 9.37. The zero-order valence-corrected chi connectivity index (χ0v) is 17.5. The number of ether oxygens (including phenoxy) is 3. The van der Waals surface area contributed by atoms with Gasteiger partial charge >= 0.3 is 5.97 Å². The number of esters is 1. The number of nitrogen functional groups attached to an aromatic ring is 1. The fourth-order valence-corrected chi connectivity index (χ4v) is 2.60. The van der Waals surface area contributed by atoms with E-state index in [4.69, 9.17) is 19.9 Å². The molecule has 0 amide bonds. The van der Waals surface area contributed by atoms with Crippen LogP contribution in [0.15, 0.2) is 48.5 Å². The van der Waals surface area contributed by atoms with Crippen molar-refractivity contribution in [1.29, 1.82) is 0 Å². The molecule has 0 saturated heterocycles. The maximum atomic E-state index is 12.1. The lowest BCUT2D eigenvalue weighted by Crippen LogP contribution is -2.10. The van der Waals surface area contributed by atoms with E-state index in [2.05, 4.69) is 20.3 Å². The monoisotopic (exact) mass is 421 g/mol. The Morgan fingerprint density at radius 3 is 2.35 bits per heavy atom. The Morgan fingerprint density at radius 1 is 1.03 bits per heavy atom. The van der Waals surface area contributed by atoms with Gasteiger partial charge in [0.05, 0.1) is 14.2 Å².